The fourth-order valence-electron chi connectivity index (χ4n) is 2.67. The minimum Gasteiger partial charge on any atom is -0.484 e. The largest absolute Gasteiger partial charge is 0.484 e. The van der Waals surface area contributed by atoms with E-state index in [1.165, 1.54) is 11.8 Å². The first-order valence-corrected chi connectivity index (χ1v) is 10.7. The second-order valence-electron chi connectivity index (χ2n) is 6.72. The van der Waals surface area contributed by atoms with Crippen molar-refractivity contribution < 1.29 is 9.53 Å². The zero-order chi connectivity index (χ0) is 21.5. The molecule has 0 bridgehead atoms. The summed E-state index contributed by atoms with van der Waals surface area (Å²) in [4.78, 5) is 12.3. The molecule has 1 N–H and O–H groups in total. The van der Waals surface area contributed by atoms with Crippen LogP contribution in [0.15, 0.2) is 60.3 Å². The smallest absolute Gasteiger partial charge is 0.234 e. The second kappa shape index (κ2) is 10.3. The Kier molecular flexibility index (Phi) is 7.54. The first kappa shape index (κ1) is 21.9. The van der Waals surface area contributed by atoms with Crippen molar-refractivity contribution in [3.8, 4) is 5.75 Å². The van der Waals surface area contributed by atoms with E-state index in [2.05, 4.69) is 22.1 Å². The number of aromatic nitrogens is 3. The predicted octanol–water partition coefficient (Wildman–Crippen LogP) is 5.04. The van der Waals surface area contributed by atoms with E-state index in [-0.39, 0.29) is 18.3 Å². The maximum atomic E-state index is 12.3. The highest BCUT2D eigenvalue weighted by molar-refractivity contribution is 7.99. The van der Waals surface area contributed by atoms with Crippen LogP contribution in [0.25, 0.3) is 0 Å². The molecule has 30 heavy (non-hydrogen) atoms. The number of anilines is 1. The number of nitrogens with one attached hydrogen (secondary N) is 1. The number of aryl methyl sites for hydroxylation is 2. The Morgan fingerprint density at radius 1 is 1.20 bits per heavy atom. The Morgan fingerprint density at radius 3 is 2.67 bits per heavy atom. The number of ether oxygens (including phenoxy) is 1. The minimum atomic E-state index is -0.110. The molecular formula is C22H23ClN4O2S. The van der Waals surface area contributed by atoms with Gasteiger partial charge in [-0.25, -0.2) is 0 Å². The predicted molar refractivity (Wildman–Crippen MR) is 121 cm³/mol. The zero-order valence-electron chi connectivity index (χ0n) is 16.9. The molecule has 0 radical (unpaired) electrons. The molecule has 1 heterocycles. The molecule has 156 valence electrons. The monoisotopic (exact) mass is 442 g/mol. The average Bonchev–Trinajstić information content (AvgIpc) is 3.11. The highest BCUT2D eigenvalue weighted by Crippen LogP contribution is 2.26. The van der Waals surface area contributed by atoms with Crippen molar-refractivity contribution in [2.45, 2.75) is 32.2 Å². The molecule has 2 aromatic carbocycles. The maximum Gasteiger partial charge on any atom is 0.234 e. The van der Waals surface area contributed by atoms with Gasteiger partial charge in [0, 0.05) is 12.2 Å². The van der Waals surface area contributed by atoms with Crippen LogP contribution >= 0.6 is 23.4 Å². The quantitative estimate of drug-likeness (QED) is 0.371. The van der Waals surface area contributed by atoms with Gasteiger partial charge < -0.3 is 10.1 Å². The molecule has 0 spiro atoms. The standard InChI is InChI=1S/C22H23ClN4O2S/c1-4-11-27-20(13-29-19-12-16(3)7-10-18(19)23)25-26-22(27)30-14-21(28)24-17-8-5-15(2)6-9-17/h4-10,12H,1,11,13-14H2,2-3H3,(H,24,28). The number of nitrogens with zero attached hydrogens (tertiary/aromatic N) is 3. The van der Waals surface area contributed by atoms with E-state index < -0.39 is 0 Å². The Hall–Kier alpha value is -2.77. The molecule has 3 rings (SSSR count). The number of halogens is 1. The first-order chi connectivity index (χ1) is 14.5. The number of carbonyl (C=O) groups is 1. The Morgan fingerprint density at radius 2 is 1.93 bits per heavy atom. The van der Waals surface area contributed by atoms with Crippen LogP contribution < -0.4 is 10.1 Å². The Bertz CT molecular complexity index is 1030. The summed E-state index contributed by atoms with van der Waals surface area (Å²) in [5, 5.41) is 12.5. The minimum absolute atomic E-state index is 0.110. The lowest BCUT2D eigenvalue weighted by atomic mass is 10.2. The van der Waals surface area contributed by atoms with Crippen LogP contribution in [0.1, 0.15) is 17.0 Å². The second-order valence-corrected chi connectivity index (χ2v) is 8.07. The van der Waals surface area contributed by atoms with Crippen molar-refractivity contribution in [3.05, 3.63) is 77.1 Å². The van der Waals surface area contributed by atoms with E-state index in [1.807, 2.05) is 54.8 Å². The Labute approximate surface area is 185 Å². The number of rotatable bonds is 9. The van der Waals surface area contributed by atoms with E-state index >= 15 is 0 Å². The molecule has 0 aliphatic heterocycles. The van der Waals surface area contributed by atoms with E-state index in [1.54, 1.807) is 12.1 Å². The van der Waals surface area contributed by atoms with Crippen LogP contribution in [0.2, 0.25) is 5.02 Å². The summed E-state index contributed by atoms with van der Waals surface area (Å²) in [5.41, 5.74) is 2.96. The molecule has 6 nitrogen and oxygen atoms in total. The van der Waals surface area contributed by atoms with Crippen molar-refractivity contribution in [3.63, 3.8) is 0 Å². The SMILES string of the molecule is C=CCn1c(COc2cc(C)ccc2Cl)nnc1SCC(=O)Nc1ccc(C)cc1. The summed E-state index contributed by atoms with van der Waals surface area (Å²) >= 11 is 7.51. The number of carbonyl (C=O) groups excluding carboxylic acids is 1. The van der Waals surface area contributed by atoms with Crippen LogP contribution in [0.5, 0.6) is 5.75 Å². The fourth-order valence-corrected chi connectivity index (χ4v) is 3.61. The van der Waals surface area contributed by atoms with Crippen molar-refractivity contribution in [2.75, 3.05) is 11.1 Å². The third-order valence-electron chi connectivity index (χ3n) is 4.22. The van der Waals surface area contributed by atoms with Crippen molar-refractivity contribution in [2.24, 2.45) is 0 Å². The lowest BCUT2D eigenvalue weighted by molar-refractivity contribution is -0.113. The van der Waals surface area contributed by atoms with Crippen LogP contribution in [-0.4, -0.2) is 26.4 Å². The molecule has 0 saturated carbocycles. The van der Waals surface area contributed by atoms with Crippen molar-refractivity contribution in [1.29, 1.82) is 0 Å². The van der Waals surface area contributed by atoms with E-state index in [0.717, 1.165) is 16.8 Å². The topological polar surface area (TPSA) is 69.0 Å². The van der Waals surface area contributed by atoms with Gasteiger partial charge in [-0.3, -0.25) is 9.36 Å². The van der Waals surface area contributed by atoms with E-state index in [4.69, 9.17) is 16.3 Å². The van der Waals surface area contributed by atoms with Gasteiger partial charge in [-0.15, -0.1) is 16.8 Å². The summed E-state index contributed by atoms with van der Waals surface area (Å²) in [6.45, 7) is 8.48. The van der Waals surface area contributed by atoms with Gasteiger partial charge in [0.1, 0.15) is 12.4 Å². The third-order valence-corrected chi connectivity index (χ3v) is 5.50. The van der Waals surface area contributed by atoms with Gasteiger partial charge in [0.2, 0.25) is 5.91 Å². The highest BCUT2D eigenvalue weighted by Gasteiger charge is 2.15. The molecule has 0 aliphatic carbocycles. The zero-order valence-corrected chi connectivity index (χ0v) is 18.5. The molecular weight excluding hydrogens is 420 g/mol. The van der Waals surface area contributed by atoms with Gasteiger partial charge in [0.25, 0.3) is 0 Å². The number of hydrogen-bond donors (Lipinski definition) is 1. The fraction of sp³-hybridized carbons (Fsp3) is 0.227. The van der Waals surface area contributed by atoms with E-state index in [9.17, 15) is 4.79 Å². The summed E-state index contributed by atoms with van der Waals surface area (Å²) in [7, 11) is 0. The van der Waals surface area contributed by atoms with Gasteiger partial charge in [0.05, 0.1) is 10.8 Å². The maximum absolute atomic E-state index is 12.3. The normalized spacial score (nSPS) is 10.6. The molecule has 1 aromatic heterocycles. The highest BCUT2D eigenvalue weighted by atomic mass is 35.5. The number of amides is 1. The van der Waals surface area contributed by atoms with Crippen LogP contribution in [0.3, 0.4) is 0 Å². The number of thioether (sulfide) groups is 1. The van der Waals surface area contributed by atoms with Crippen LogP contribution in [0.4, 0.5) is 5.69 Å². The van der Waals surface area contributed by atoms with Crippen molar-refractivity contribution in [1.82, 2.24) is 14.8 Å². The molecule has 3 aromatic rings. The molecule has 0 aliphatic rings. The van der Waals surface area contributed by atoms with Crippen LogP contribution in [-0.2, 0) is 17.9 Å². The third kappa shape index (κ3) is 5.87. The van der Waals surface area contributed by atoms with Gasteiger partial charge in [-0.1, -0.05) is 53.2 Å². The first-order valence-electron chi connectivity index (χ1n) is 9.37. The van der Waals surface area contributed by atoms with Gasteiger partial charge in [-0.05, 0) is 43.7 Å². The average molecular weight is 443 g/mol. The van der Waals surface area contributed by atoms with Gasteiger partial charge in [0.15, 0.2) is 11.0 Å². The van der Waals surface area contributed by atoms with E-state index in [0.29, 0.717) is 28.3 Å². The number of hydrogen-bond acceptors (Lipinski definition) is 5. The lowest BCUT2D eigenvalue weighted by Crippen LogP contribution is -2.15. The Balaban J connectivity index is 1.63. The summed E-state index contributed by atoms with van der Waals surface area (Å²) in [5.74, 6) is 1.33. The number of allylic oxidation sites excluding steroid dienone is 1. The van der Waals surface area contributed by atoms with Crippen molar-refractivity contribution >= 4 is 35.0 Å². The van der Waals surface area contributed by atoms with Gasteiger partial charge >= 0.3 is 0 Å². The molecule has 0 saturated heterocycles. The molecule has 0 unspecified atom stereocenters. The van der Waals surface area contributed by atoms with Gasteiger partial charge in [-0.2, -0.15) is 0 Å². The molecule has 8 heteroatoms. The summed E-state index contributed by atoms with van der Waals surface area (Å²) in [6, 6.07) is 13.3. The summed E-state index contributed by atoms with van der Waals surface area (Å²) in [6.07, 6.45) is 1.75. The molecule has 0 fully saturated rings. The number of benzene rings is 2. The summed E-state index contributed by atoms with van der Waals surface area (Å²) < 4.78 is 7.72. The molecule has 1 amide bonds. The molecule has 0 atom stereocenters. The van der Waals surface area contributed by atoms with Crippen LogP contribution in [0, 0.1) is 13.8 Å². The lowest BCUT2D eigenvalue weighted by Gasteiger charge is -2.11.